The van der Waals surface area contributed by atoms with Gasteiger partial charge in [0, 0.05) is 41.9 Å². The fourth-order valence-corrected chi connectivity index (χ4v) is 8.93. The summed E-state index contributed by atoms with van der Waals surface area (Å²) >= 11 is 1.85. The molecule has 3 heterocycles. The van der Waals surface area contributed by atoms with Gasteiger partial charge in [-0.25, -0.2) is 9.97 Å². The molecule has 0 saturated carbocycles. The van der Waals surface area contributed by atoms with Gasteiger partial charge in [-0.2, -0.15) is 0 Å². The van der Waals surface area contributed by atoms with E-state index < -0.39 is 0 Å². The van der Waals surface area contributed by atoms with E-state index in [4.69, 9.17) is 9.97 Å². The highest BCUT2D eigenvalue weighted by Crippen LogP contribution is 2.39. The number of aromatic nitrogens is 3. The largest absolute Gasteiger partial charge is 0.278 e. The summed E-state index contributed by atoms with van der Waals surface area (Å²) in [5.41, 5.74) is 9.85. The number of benzene rings is 8. The Hall–Kier alpha value is -6.62. The molecule has 0 saturated heterocycles. The number of hydrogen-bond donors (Lipinski definition) is 0. The van der Waals surface area contributed by atoms with Gasteiger partial charge in [-0.3, -0.25) is 4.57 Å². The van der Waals surface area contributed by atoms with Gasteiger partial charge in [-0.1, -0.05) is 127 Å². The first-order chi connectivity index (χ1) is 25.7. The monoisotopic (exact) mass is 679 g/mol. The van der Waals surface area contributed by atoms with Gasteiger partial charge in [0.1, 0.15) is 0 Å². The van der Waals surface area contributed by atoms with E-state index in [9.17, 15) is 0 Å². The van der Waals surface area contributed by atoms with E-state index in [2.05, 4.69) is 180 Å². The van der Waals surface area contributed by atoms with Crippen LogP contribution in [0.25, 0.3) is 103 Å². The standard InChI is InChI=1S/C48H29N3S/c1-2-10-33-27-34(22-19-30(33)9-1)31-17-20-32(21-18-31)47-39-13-3-6-14-42(39)49-48(50-47)51-43-15-7-4-11-37(43)40-28-35(23-25-44(40)51)36-24-26-46-41(29-36)38-12-5-8-16-45(38)52-46/h1-29H. The fourth-order valence-electron chi connectivity index (χ4n) is 7.85. The highest BCUT2D eigenvalue weighted by atomic mass is 32.1. The van der Waals surface area contributed by atoms with Crippen LogP contribution in [0.5, 0.6) is 0 Å². The van der Waals surface area contributed by atoms with E-state index in [0.717, 1.165) is 33.2 Å². The van der Waals surface area contributed by atoms with Gasteiger partial charge in [0.25, 0.3) is 0 Å². The van der Waals surface area contributed by atoms with Crippen LogP contribution in [0.1, 0.15) is 0 Å². The van der Waals surface area contributed by atoms with Gasteiger partial charge >= 0.3 is 0 Å². The molecule has 3 nitrogen and oxygen atoms in total. The molecule has 8 aromatic carbocycles. The first kappa shape index (κ1) is 29.1. The summed E-state index contributed by atoms with van der Waals surface area (Å²) in [4.78, 5) is 10.5. The van der Waals surface area contributed by atoms with Crippen molar-refractivity contribution in [3.63, 3.8) is 0 Å². The third kappa shape index (κ3) is 4.58. The van der Waals surface area contributed by atoms with Crippen LogP contribution >= 0.6 is 11.3 Å². The van der Waals surface area contributed by atoms with Crippen LogP contribution in [-0.2, 0) is 0 Å². The molecule has 0 amide bonds. The molecule has 0 aliphatic carbocycles. The molecule has 242 valence electrons. The van der Waals surface area contributed by atoms with Crippen molar-refractivity contribution in [2.75, 3.05) is 0 Å². The summed E-state index contributed by atoms with van der Waals surface area (Å²) in [5.74, 6) is 0.664. The van der Waals surface area contributed by atoms with E-state index in [-0.39, 0.29) is 0 Å². The third-order valence-corrected chi connectivity index (χ3v) is 11.6. The average molecular weight is 680 g/mol. The van der Waals surface area contributed by atoms with Crippen LogP contribution < -0.4 is 0 Å². The molecule has 4 heteroatoms. The summed E-state index contributed by atoms with van der Waals surface area (Å²) in [5, 5.41) is 8.51. The molecule has 0 fully saturated rings. The van der Waals surface area contributed by atoms with Crippen molar-refractivity contribution >= 4 is 75.0 Å². The van der Waals surface area contributed by atoms with Gasteiger partial charge in [-0.15, -0.1) is 11.3 Å². The predicted octanol–water partition coefficient (Wildman–Crippen LogP) is 13.2. The molecule has 3 aromatic heterocycles. The summed E-state index contributed by atoms with van der Waals surface area (Å²) in [6.07, 6.45) is 0. The fraction of sp³-hybridized carbons (Fsp3) is 0. The summed E-state index contributed by atoms with van der Waals surface area (Å²) in [7, 11) is 0. The van der Waals surface area contributed by atoms with Crippen LogP contribution in [0.3, 0.4) is 0 Å². The van der Waals surface area contributed by atoms with Crippen LogP contribution in [0.4, 0.5) is 0 Å². The number of fused-ring (bicyclic) bond motifs is 8. The molecule has 0 bridgehead atoms. The second-order valence-electron chi connectivity index (χ2n) is 13.4. The molecule has 0 aliphatic heterocycles. The zero-order chi connectivity index (χ0) is 34.2. The number of rotatable bonds is 4. The minimum atomic E-state index is 0.664. The predicted molar refractivity (Wildman–Crippen MR) is 221 cm³/mol. The molecule has 0 atom stereocenters. The third-order valence-electron chi connectivity index (χ3n) is 10.4. The van der Waals surface area contributed by atoms with Gasteiger partial charge < -0.3 is 0 Å². The number of thiophene rings is 1. The Morgan fingerprint density at radius 1 is 0.365 bits per heavy atom. The lowest BCUT2D eigenvalue weighted by Gasteiger charge is -2.12. The van der Waals surface area contributed by atoms with E-state index in [0.29, 0.717) is 5.95 Å². The first-order valence-electron chi connectivity index (χ1n) is 17.6. The summed E-state index contributed by atoms with van der Waals surface area (Å²) in [6.45, 7) is 0. The zero-order valence-corrected chi connectivity index (χ0v) is 28.8. The average Bonchev–Trinajstić information content (AvgIpc) is 3.75. The first-order valence-corrected chi connectivity index (χ1v) is 18.4. The lowest BCUT2D eigenvalue weighted by Crippen LogP contribution is -2.03. The maximum Gasteiger partial charge on any atom is 0.235 e. The normalized spacial score (nSPS) is 11.8. The molecule has 52 heavy (non-hydrogen) atoms. The Kier molecular flexibility index (Phi) is 6.42. The minimum Gasteiger partial charge on any atom is -0.278 e. The van der Waals surface area contributed by atoms with E-state index in [1.807, 2.05) is 11.3 Å². The van der Waals surface area contributed by atoms with Crippen molar-refractivity contribution < 1.29 is 0 Å². The molecule has 0 radical (unpaired) electrons. The van der Waals surface area contributed by atoms with Crippen LogP contribution in [0.2, 0.25) is 0 Å². The highest BCUT2D eigenvalue weighted by molar-refractivity contribution is 7.25. The van der Waals surface area contributed by atoms with Crippen molar-refractivity contribution in [2.45, 2.75) is 0 Å². The Labute approximate surface area is 303 Å². The molecular formula is C48H29N3S. The Balaban J connectivity index is 1.06. The van der Waals surface area contributed by atoms with Gasteiger partial charge in [0.15, 0.2) is 0 Å². The molecule has 11 aromatic rings. The summed E-state index contributed by atoms with van der Waals surface area (Å²) < 4.78 is 4.86. The van der Waals surface area contributed by atoms with Crippen molar-refractivity contribution in [1.82, 2.24) is 14.5 Å². The molecule has 0 N–H and O–H groups in total. The molecular weight excluding hydrogens is 651 g/mol. The van der Waals surface area contributed by atoms with Crippen molar-refractivity contribution in [3.8, 4) is 39.5 Å². The topological polar surface area (TPSA) is 30.7 Å². The van der Waals surface area contributed by atoms with Crippen molar-refractivity contribution in [1.29, 1.82) is 0 Å². The van der Waals surface area contributed by atoms with Gasteiger partial charge in [0.2, 0.25) is 5.95 Å². The lowest BCUT2D eigenvalue weighted by atomic mass is 9.99. The highest BCUT2D eigenvalue weighted by Gasteiger charge is 2.18. The molecule has 0 aliphatic rings. The maximum atomic E-state index is 5.35. The lowest BCUT2D eigenvalue weighted by molar-refractivity contribution is 1.01. The van der Waals surface area contributed by atoms with Gasteiger partial charge in [-0.05, 0) is 81.6 Å². The van der Waals surface area contributed by atoms with E-state index in [1.165, 1.54) is 64.0 Å². The SMILES string of the molecule is c1ccc2cc(-c3ccc(-c4nc(-n5c6ccccc6c6cc(-c7ccc8sc9ccccc9c8c7)ccc65)nc5ccccc45)cc3)ccc2c1. The second kappa shape index (κ2) is 11.5. The maximum absolute atomic E-state index is 5.35. The Bertz CT molecular complexity index is 3190. The quantitative estimate of drug-likeness (QED) is 0.185. The van der Waals surface area contributed by atoms with E-state index >= 15 is 0 Å². The zero-order valence-electron chi connectivity index (χ0n) is 28.0. The van der Waals surface area contributed by atoms with Crippen LogP contribution in [-0.4, -0.2) is 14.5 Å². The Morgan fingerprint density at radius 3 is 1.85 bits per heavy atom. The van der Waals surface area contributed by atoms with Crippen molar-refractivity contribution in [3.05, 3.63) is 176 Å². The molecule has 0 spiro atoms. The van der Waals surface area contributed by atoms with Crippen molar-refractivity contribution in [2.24, 2.45) is 0 Å². The number of para-hydroxylation sites is 2. The van der Waals surface area contributed by atoms with Crippen LogP contribution in [0, 0.1) is 0 Å². The second-order valence-corrected chi connectivity index (χ2v) is 14.5. The number of hydrogen-bond acceptors (Lipinski definition) is 3. The molecule has 0 unspecified atom stereocenters. The number of nitrogens with zero attached hydrogens (tertiary/aromatic N) is 3. The Morgan fingerprint density at radius 2 is 0.962 bits per heavy atom. The minimum absolute atomic E-state index is 0.664. The van der Waals surface area contributed by atoms with E-state index in [1.54, 1.807) is 0 Å². The summed E-state index contributed by atoms with van der Waals surface area (Å²) in [6, 6.07) is 63.2. The molecule has 11 rings (SSSR count). The van der Waals surface area contributed by atoms with Gasteiger partial charge in [0.05, 0.1) is 22.2 Å². The smallest absolute Gasteiger partial charge is 0.235 e. The van der Waals surface area contributed by atoms with Crippen LogP contribution in [0.15, 0.2) is 176 Å².